The largest absolute Gasteiger partial charge is 0.348 e. The average Bonchev–Trinajstić information content (AvgIpc) is 3.15. The van der Waals surface area contributed by atoms with Gasteiger partial charge in [-0.2, -0.15) is 5.10 Å². The summed E-state index contributed by atoms with van der Waals surface area (Å²) in [5, 5.41) is 8.24. The zero-order valence-electron chi connectivity index (χ0n) is 15.3. The minimum Gasteiger partial charge on any atom is -0.348 e. The second-order valence-corrected chi connectivity index (χ2v) is 6.64. The van der Waals surface area contributed by atoms with Crippen molar-refractivity contribution in [1.82, 2.24) is 20.1 Å². The van der Waals surface area contributed by atoms with E-state index in [4.69, 9.17) is 0 Å². The van der Waals surface area contributed by atoms with Crippen LogP contribution in [0.1, 0.15) is 27.2 Å². The molecule has 4 rings (SSSR count). The summed E-state index contributed by atoms with van der Waals surface area (Å²) < 4.78 is 1.80. The summed E-state index contributed by atoms with van der Waals surface area (Å²) in [4.78, 5) is 17.3. The van der Waals surface area contributed by atoms with Gasteiger partial charge in [0.25, 0.3) is 5.91 Å². The Balaban J connectivity index is 1.54. The highest BCUT2D eigenvalue weighted by atomic mass is 16.1. The maximum atomic E-state index is 12.8. The monoisotopic (exact) mass is 356 g/mol. The van der Waals surface area contributed by atoms with Gasteiger partial charge in [0.1, 0.15) is 0 Å². The number of aromatic nitrogens is 3. The van der Waals surface area contributed by atoms with E-state index in [2.05, 4.69) is 15.4 Å². The molecule has 4 aromatic rings. The van der Waals surface area contributed by atoms with Crippen LogP contribution >= 0.6 is 0 Å². The van der Waals surface area contributed by atoms with Crippen LogP contribution in [0.3, 0.4) is 0 Å². The standard InChI is InChI=1S/C22H20N4O/c1-15-8-9-21-19(10-15)20(11-16(2)25-21)22(27)23-12-17-13-24-26(14-17)18-6-4-3-5-7-18/h3-11,13-14H,12H2,1-2H3,(H,23,27). The summed E-state index contributed by atoms with van der Waals surface area (Å²) in [5.74, 6) is -0.108. The Labute approximate surface area is 157 Å². The average molecular weight is 356 g/mol. The lowest BCUT2D eigenvalue weighted by Gasteiger charge is -2.09. The van der Waals surface area contributed by atoms with Crippen LogP contribution in [0.4, 0.5) is 0 Å². The quantitative estimate of drug-likeness (QED) is 0.602. The summed E-state index contributed by atoms with van der Waals surface area (Å²) in [6, 6.07) is 17.7. The molecule has 1 N–H and O–H groups in total. The number of fused-ring (bicyclic) bond motifs is 1. The molecule has 27 heavy (non-hydrogen) atoms. The zero-order chi connectivity index (χ0) is 18.8. The SMILES string of the molecule is Cc1ccc2nc(C)cc(C(=O)NCc3cnn(-c4ccccc4)c3)c2c1. The van der Waals surface area contributed by atoms with Crippen LogP contribution in [-0.2, 0) is 6.54 Å². The molecule has 1 amide bonds. The number of rotatable bonds is 4. The maximum absolute atomic E-state index is 12.8. The molecule has 5 nitrogen and oxygen atoms in total. The third-order valence-electron chi connectivity index (χ3n) is 4.45. The van der Waals surface area contributed by atoms with Crippen molar-refractivity contribution in [3.05, 3.63) is 89.4 Å². The van der Waals surface area contributed by atoms with E-state index < -0.39 is 0 Å². The lowest BCUT2D eigenvalue weighted by molar-refractivity contribution is 0.0952. The van der Waals surface area contributed by atoms with Crippen LogP contribution in [0.15, 0.2) is 67.0 Å². The molecule has 0 saturated heterocycles. The predicted molar refractivity (Wildman–Crippen MR) is 106 cm³/mol. The molecule has 0 fully saturated rings. The number of carbonyl (C=O) groups excluding carboxylic acids is 1. The van der Waals surface area contributed by atoms with Gasteiger partial charge >= 0.3 is 0 Å². The van der Waals surface area contributed by atoms with Crippen LogP contribution in [0, 0.1) is 13.8 Å². The maximum Gasteiger partial charge on any atom is 0.252 e. The molecule has 0 aliphatic carbocycles. The molecule has 2 aromatic carbocycles. The number of nitrogens with zero attached hydrogens (tertiary/aromatic N) is 3. The van der Waals surface area contributed by atoms with Crippen molar-refractivity contribution in [2.24, 2.45) is 0 Å². The molecule has 0 spiro atoms. The van der Waals surface area contributed by atoms with Crippen LogP contribution in [0.2, 0.25) is 0 Å². The minimum absolute atomic E-state index is 0.108. The topological polar surface area (TPSA) is 59.8 Å². The van der Waals surface area contributed by atoms with E-state index in [0.29, 0.717) is 12.1 Å². The third-order valence-corrected chi connectivity index (χ3v) is 4.45. The Morgan fingerprint density at radius 1 is 1.07 bits per heavy atom. The van der Waals surface area contributed by atoms with Crippen LogP contribution in [0.25, 0.3) is 16.6 Å². The molecule has 0 saturated carbocycles. The Morgan fingerprint density at radius 2 is 1.89 bits per heavy atom. The van der Waals surface area contributed by atoms with Crippen molar-refractivity contribution in [2.75, 3.05) is 0 Å². The number of nitrogens with one attached hydrogen (secondary N) is 1. The highest BCUT2D eigenvalue weighted by Crippen LogP contribution is 2.20. The van der Waals surface area contributed by atoms with Crippen molar-refractivity contribution in [1.29, 1.82) is 0 Å². The van der Waals surface area contributed by atoms with Gasteiger partial charge in [-0.25, -0.2) is 4.68 Å². The highest BCUT2D eigenvalue weighted by molar-refractivity contribution is 6.06. The van der Waals surface area contributed by atoms with E-state index in [1.54, 1.807) is 10.9 Å². The number of hydrogen-bond acceptors (Lipinski definition) is 3. The second-order valence-electron chi connectivity index (χ2n) is 6.64. The Hall–Kier alpha value is -3.47. The number of benzene rings is 2. The summed E-state index contributed by atoms with van der Waals surface area (Å²) in [5.41, 5.74) is 5.35. The van der Waals surface area contributed by atoms with Gasteiger partial charge in [-0.3, -0.25) is 9.78 Å². The number of aryl methyl sites for hydroxylation is 2. The number of pyridine rings is 1. The molecule has 0 unspecified atom stereocenters. The van der Waals surface area contributed by atoms with E-state index in [-0.39, 0.29) is 5.91 Å². The van der Waals surface area contributed by atoms with E-state index in [9.17, 15) is 4.79 Å². The number of carbonyl (C=O) groups is 1. The number of amides is 1. The first-order valence-electron chi connectivity index (χ1n) is 8.85. The fraction of sp³-hybridized carbons (Fsp3) is 0.136. The van der Waals surface area contributed by atoms with E-state index in [1.807, 2.05) is 74.6 Å². The molecule has 0 aliphatic rings. The number of para-hydroxylation sites is 1. The first-order chi connectivity index (χ1) is 13.1. The molecule has 2 heterocycles. The highest BCUT2D eigenvalue weighted by Gasteiger charge is 2.12. The van der Waals surface area contributed by atoms with Gasteiger partial charge in [-0.05, 0) is 44.2 Å². The number of hydrogen-bond donors (Lipinski definition) is 1. The van der Waals surface area contributed by atoms with E-state index in [1.165, 1.54) is 0 Å². The van der Waals surface area contributed by atoms with Gasteiger partial charge in [0.05, 0.1) is 23.0 Å². The van der Waals surface area contributed by atoms with Crippen LogP contribution < -0.4 is 5.32 Å². The molecule has 134 valence electrons. The summed E-state index contributed by atoms with van der Waals surface area (Å²) in [7, 11) is 0. The fourth-order valence-electron chi connectivity index (χ4n) is 3.11. The van der Waals surface area contributed by atoms with Gasteiger partial charge in [-0.1, -0.05) is 29.8 Å². The molecular formula is C22H20N4O. The van der Waals surface area contributed by atoms with Crippen LogP contribution in [-0.4, -0.2) is 20.7 Å². The van der Waals surface area contributed by atoms with Gasteiger partial charge in [0.15, 0.2) is 0 Å². The Morgan fingerprint density at radius 3 is 2.70 bits per heavy atom. The first-order valence-corrected chi connectivity index (χ1v) is 8.85. The normalized spacial score (nSPS) is 10.9. The molecule has 5 heteroatoms. The van der Waals surface area contributed by atoms with E-state index in [0.717, 1.165) is 33.4 Å². The van der Waals surface area contributed by atoms with Crippen LogP contribution in [0.5, 0.6) is 0 Å². The second kappa shape index (κ2) is 7.03. The lowest BCUT2D eigenvalue weighted by atomic mass is 10.0. The third kappa shape index (κ3) is 3.58. The molecule has 2 aromatic heterocycles. The Bertz CT molecular complexity index is 1120. The Kier molecular flexibility index (Phi) is 4.42. The van der Waals surface area contributed by atoms with Crippen molar-refractivity contribution >= 4 is 16.8 Å². The molecule has 0 atom stereocenters. The summed E-state index contributed by atoms with van der Waals surface area (Å²) in [6.45, 7) is 4.33. The summed E-state index contributed by atoms with van der Waals surface area (Å²) in [6.07, 6.45) is 3.70. The summed E-state index contributed by atoms with van der Waals surface area (Å²) >= 11 is 0. The van der Waals surface area contributed by atoms with Gasteiger partial charge in [-0.15, -0.1) is 0 Å². The first kappa shape index (κ1) is 17.0. The minimum atomic E-state index is -0.108. The van der Waals surface area contributed by atoms with Crippen molar-refractivity contribution in [3.63, 3.8) is 0 Å². The predicted octanol–water partition coefficient (Wildman–Crippen LogP) is 3.97. The van der Waals surface area contributed by atoms with Crippen molar-refractivity contribution in [3.8, 4) is 5.69 Å². The molecule has 0 aliphatic heterocycles. The van der Waals surface area contributed by atoms with Gasteiger partial charge in [0, 0.05) is 29.4 Å². The lowest BCUT2D eigenvalue weighted by Crippen LogP contribution is -2.23. The van der Waals surface area contributed by atoms with Crippen molar-refractivity contribution < 1.29 is 4.79 Å². The smallest absolute Gasteiger partial charge is 0.252 e. The van der Waals surface area contributed by atoms with Gasteiger partial charge in [0.2, 0.25) is 0 Å². The molecule has 0 radical (unpaired) electrons. The fourth-order valence-corrected chi connectivity index (χ4v) is 3.11. The zero-order valence-corrected chi connectivity index (χ0v) is 15.3. The molecule has 0 bridgehead atoms. The van der Waals surface area contributed by atoms with Crippen molar-refractivity contribution in [2.45, 2.75) is 20.4 Å². The van der Waals surface area contributed by atoms with E-state index >= 15 is 0 Å². The molecular weight excluding hydrogens is 336 g/mol. The van der Waals surface area contributed by atoms with Gasteiger partial charge < -0.3 is 5.32 Å².